The highest BCUT2D eigenvalue weighted by Crippen LogP contribution is 2.12. The van der Waals surface area contributed by atoms with Crippen LogP contribution in [0, 0.1) is 0 Å². The van der Waals surface area contributed by atoms with Crippen LogP contribution in [-0.4, -0.2) is 20.9 Å². The van der Waals surface area contributed by atoms with Crippen molar-refractivity contribution in [1.82, 2.24) is 0 Å². The third-order valence-electron chi connectivity index (χ3n) is 3.67. The van der Waals surface area contributed by atoms with Gasteiger partial charge in [-0.2, -0.15) is 8.42 Å². The minimum atomic E-state index is -4.12. The van der Waals surface area contributed by atoms with E-state index in [0.29, 0.717) is 12.8 Å². The summed E-state index contributed by atoms with van der Waals surface area (Å²) in [6.07, 6.45) is 10.0. The van der Waals surface area contributed by atoms with Crippen molar-refractivity contribution in [2.75, 3.05) is 0 Å². The van der Waals surface area contributed by atoms with E-state index in [4.69, 9.17) is 19.8 Å². The Morgan fingerprint density at radius 2 is 1.04 bits per heavy atom. The first kappa shape index (κ1) is 22.8. The van der Waals surface area contributed by atoms with Crippen LogP contribution < -0.4 is 11.5 Å². The molecule has 0 rings (SSSR count). The van der Waals surface area contributed by atoms with E-state index in [0.717, 1.165) is 38.5 Å². The first-order valence-electron chi connectivity index (χ1n) is 9.04. The highest BCUT2D eigenvalue weighted by Gasteiger charge is 2.20. The highest BCUT2D eigenvalue weighted by molar-refractivity contribution is 7.81. The Morgan fingerprint density at radius 3 is 1.39 bits per heavy atom. The Balaban J connectivity index is 3.84. The Kier molecular flexibility index (Phi) is 14.0. The summed E-state index contributed by atoms with van der Waals surface area (Å²) in [5, 5.41) is 0. The first-order valence-corrected chi connectivity index (χ1v) is 10.4. The number of hydrogen-bond donors (Lipinski definition) is 2. The minimum Gasteiger partial charge on any atom is -0.305 e. The van der Waals surface area contributed by atoms with Gasteiger partial charge in [0.2, 0.25) is 0 Å². The zero-order valence-corrected chi connectivity index (χ0v) is 15.7. The molecule has 0 fully saturated rings. The molecule has 0 saturated carbocycles. The summed E-state index contributed by atoms with van der Waals surface area (Å²) in [7, 11) is -4.12. The molecule has 0 aromatic rings. The molecular weight excluding hydrogens is 316 g/mol. The van der Waals surface area contributed by atoms with Crippen LogP contribution in [0.1, 0.15) is 90.9 Å². The average Bonchev–Trinajstić information content (AvgIpc) is 2.45. The normalized spacial score (nSPS) is 14.8. The molecule has 0 saturated heterocycles. The van der Waals surface area contributed by atoms with Crippen LogP contribution in [0.5, 0.6) is 0 Å². The monoisotopic (exact) mass is 352 g/mol. The van der Waals surface area contributed by atoms with Gasteiger partial charge in [0, 0.05) is 0 Å². The topological polar surface area (TPSA) is 105 Å². The van der Waals surface area contributed by atoms with Crippen molar-refractivity contribution in [1.29, 1.82) is 0 Å². The van der Waals surface area contributed by atoms with Crippen LogP contribution in [0.2, 0.25) is 0 Å². The Morgan fingerprint density at radius 1 is 0.696 bits per heavy atom. The fraction of sp³-hybridized carbons (Fsp3) is 1.00. The number of rotatable bonds is 16. The summed E-state index contributed by atoms with van der Waals surface area (Å²) in [6, 6.07) is 0. The summed E-state index contributed by atoms with van der Waals surface area (Å²) in [5.74, 6) is 0. The van der Waals surface area contributed by atoms with Crippen molar-refractivity contribution in [3.63, 3.8) is 0 Å². The van der Waals surface area contributed by atoms with Gasteiger partial charge in [-0.25, -0.2) is 8.37 Å². The summed E-state index contributed by atoms with van der Waals surface area (Å²) in [4.78, 5) is 0. The van der Waals surface area contributed by atoms with Gasteiger partial charge in [0.05, 0.1) is 0 Å². The second-order valence-electron chi connectivity index (χ2n) is 6.08. The van der Waals surface area contributed by atoms with Gasteiger partial charge in [0.15, 0.2) is 0 Å². The van der Waals surface area contributed by atoms with Crippen molar-refractivity contribution in [2.45, 2.75) is 103 Å². The lowest BCUT2D eigenvalue weighted by Crippen LogP contribution is -2.33. The van der Waals surface area contributed by atoms with Crippen LogP contribution >= 0.6 is 0 Å². The molecule has 0 heterocycles. The quantitative estimate of drug-likeness (QED) is 0.325. The molecule has 2 unspecified atom stereocenters. The molecule has 140 valence electrons. The average molecular weight is 353 g/mol. The van der Waals surface area contributed by atoms with E-state index in [1.165, 1.54) is 25.7 Å². The molecule has 0 aliphatic carbocycles. The van der Waals surface area contributed by atoms with Gasteiger partial charge in [-0.05, 0) is 25.7 Å². The van der Waals surface area contributed by atoms with E-state index >= 15 is 0 Å². The molecule has 0 bridgehead atoms. The molecule has 23 heavy (non-hydrogen) atoms. The molecule has 4 N–H and O–H groups in total. The summed E-state index contributed by atoms with van der Waals surface area (Å²) in [6.45, 7) is 4.29. The van der Waals surface area contributed by atoms with Crippen LogP contribution in [0.4, 0.5) is 0 Å². The lowest BCUT2D eigenvalue weighted by atomic mass is 10.1. The maximum absolute atomic E-state index is 11.7. The van der Waals surface area contributed by atoms with E-state index < -0.39 is 22.9 Å². The molecule has 7 heteroatoms. The molecule has 0 amide bonds. The molecule has 2 atom stereocenters. The van der Waals surface area contributed by atoms with Crippen LogP contribution in [-0.2, 0) is 18.8 Å². The second kappa shape index (κ2) is 14.2. The second-order valence-corrected chi connectivity index (χ2v) is 7.28. The van der Waals surface area contributed by atoms with E-state index in [2.05, 4.69) is 13.8 Å². The highest BCUT2D eigenvalue weighted by atomic mass is 32.3. The number of hydrogen-bond acceptors (Lipinski definition) is 6. The predicted molar refractivity (Wildman–Crippen MR) is 93.8 cm³/mol. The summed E-state index contributed by atoms with van der Waals surface area (Å²) in [5.41, 5.74) is 11.4. The zero-order chi connectivity index (χ0) is 17.6. The lowest BCUT2D eigenvalue weighted by molar-refractivity contribution is 0.117. The predicted octanol–water partition coefficient (Wildman–Crippen LogP) is 3.56. The van der Waals surface area contributed by atoms with Crippen LogP contribution in [0.15, 0.2) is 0 Å². The van der Waals surface area contributed by atoms with Gasteiger partial charge < -0.3 is 11.5 Å². The van der Waals surface area contributed by atoms with Gasteiger partial charge in [-0.1, -0.05) is 65.2 Å². The largest absolute Gasteiger partial charge is 0.402 e. The van der Waals surface area contributed by atoms with E-state index in [1.54, 1.807) is 0 Å². The van der Waals surface area contributed by atoms with Crippen molar-refractivity contribution in [2.24, 2.45) is 11.5 Å². The molecule has 0 spiro atoms. The first-order chi connectivity index (χ1) is 10.9. The molecular formula is C16H36N2O4S. The number of nitrogens with two attached hydrogens (primary N) is 2. The fourth-order valence-corrected chi connectivity index (χ4v) is 3.16. The standard InChI is InChI=1S/C16H36N2O4S/c1-3-5-7-9-11-13-15(17)21-23(19,20)22-16(18)14-12-10-8-6-4-2/h15-16H,3-14,17-18H2,1-2H3. The van der Waals surface area contributed by atoms with E-state index in [9.17, 15) is 8.42 Å². The molecule has 0 radical (unpaired) electrons. The zero-order valence-electron chi connectivity index (χ0n) is 14.8. The van der Waals surface area contributed by atoms with Crippen molar-refractivity contribution in [3.8, 4) is 0 Å². The van der Waals surface area contributed by atoms with Gasteiger partial charge in [0.25, 0.3) is 0 Å². The van der Waals surface area contributed by atoms with Gasteiger partial charge in [-0.3, -0.25) is 0 Å². The Hall–Kier alpha value is -0.210. The Bertz CT molecular complexity index is 335. The third-order valence-corrected chi connectivity index (χ3v) is 4.63. The minimum absolute atomic E-state index is 0.499. The molecule has 0 aromatic carbocycles. The van der Waals surface area contributed by atoms with E-state index in [-0.39, 0.29) is 0 Å². The van der Waals surface area contributed by atoms with Crippen molar-refractivity contribution in [3.05, 3.63) is 0 Å². The molecule has 0 aromatic heterocycles. The maximum Gasteiger partial charge on any atom is 0.402 e. The maximum atomic E-state index is 11.7. The number of unbranched alkanes of at least 4 members (excludes halogenated alkanes) is 8. The fourth-order valence-electron chi connectivity index (χ4n) is 2.32. The Labute approximate surface area is 142 Å². The van der Waals surface area contributed by atoms with E-state index in [1.807, 2.05) is 0 Å². The van der Waals surface area contributed by atoms with Crippen molar-refractivity contribution < 1.29 is 16.8 Å². The van der Waals surface area contributed by atoms with Gasteiger partial charge in [-0.15, -0.1) is 0 Å². The molecule has 0 aliphatic rings. The van der Waals surface area contributed by atoms with Gasteiger partial charge >= 0.3 is 10.4 Å². The van der Waals surface area contributed by atoms with Crippen molar-refractivity contribution >= 4 is 10.4 Å². The molecule has 0 aliphatic heterocycles. The lowest BCUT2D eigenvalue weighted by Gasteiger charge is -2.16. The third kappa shape index (κ3) is 15.1. The van der Waals surface area contributed by atoms with Crippen LogP contribution in [0.3, 0.4) is 0 Å². The van der Waals surface area contributed by atoms with Gasteiger partial charge in [0.1, 0.15) is 12.5 Å². The molecule has 6 nitrogen and oxygen atoms in total. The summed E-state index contributed by atoms with van der Waals surface area (Å²) < 4.78 is 33.0. The SMILES string of the molecule is CCCCCCCC(N)OS(=O)(=O)OC(N)CCCCCCC. The van der Waals surface area contributed by atoms with Crippen LogP contribution in [0.25, 0.3) is 0 Å². The smallest absolute Gasteiger partial charge is 0.305 e. The summed E-state index contributed by atoms with van der Waals surface area (Å²) >= 11 is 0.